The van der Waals surface area contributed by atoms with E-state index in [0.717, 1.165) is 19.5 Å². The molecule has 1 N–H and O–H groups in total. The van der Waals surface area contributed by atoms with E-state index in [0.29, 0.717) is 6.04 Å². The maximum Gasteiger partial charge on any atom is 0.123 e. The first-order valence-electron chi connectivity index (χ1n) is 6.98. The molecule has 1 aromatic rings. The summed E-state index contributed by atoms with van der Waals surface area (Å²) < 4.78 is 12.8. The van der Waals surface area contributed by atoms with Crippen LogP contribution in [0.5, 0.6) is 0 Å². The van der Waals surface area contributed by atoms with E-state index in [9.17, 15) is 4.39 Å². The van der Waals surface area contributed by atoms with Gasteiger partial charge in [0.1, 0.15) is 5.82 Å². The molecule has 18 heavy (non-hydrogen) atoms. The van der Waals surface area contributed by atoms with Gasteiger partial charge in [-0.2, -0.15) is 0 Å². The minimum Gasteiger partial charge on any atom is -0.314 e. The van der Waals surface area contributed by atoms with E-state index in [1.165, 1.54) is 31.5 Å². The molecular weight excluding hydrogens is 227 g/mol. The van der Waals surface area contributed by atoms with Gasteiger partial charge >= 0.3 is 0 Å². The Balaban J connectivity index is 1.70. The van der Waals surface area contributed by atoms with Gasteiger partial charge in [0.15, 0.2) is 0 Å². The van der Waals surface area contributed by atoms with Crippen LogP contribution in [0.3, 0.4) is 0 Å². The fourth-order valence-corrected chi connectivity index (χ4v) is 2.59. The van der Waals surface area contributed by atoms with Gasteiger partial charge in [0.05, 0.1) is 0 Å². The number of nitrogens with zero attached hydrogens (tertiary/aromatic N) is 1. The van der Waals surface area contributed by atoms with Crippen molar-refractivity contribution in [3.05, 3.63) is 35.6 Å². The maximum absolute atomic E-state index is 12.8. The SMILES string of the molecule is CCNC1CCN(CCc2ccc(F)cc2)CC1. The fourth-order valence-electron chi connectivity index (χ4n) is 2.59. The highest BCUT2D eigenvalue weighted by Crippen LogP contribution is 2.11. The lowest BCUT2D eigenvalue weighted by Crippen LogP contribution is -2.43. The molecule has 1 aliphatic rings. The second-order valence-corrected chi connectivity index (χ2v) is 5.05. The van der Waals surface area contributed by atoms with Crippen molar-refractivity contribution in [2.45, 2.75) is 32.2 Å². The molecule has 2 nitrogen and oxygen atoms in total. The van der Waals surface area contributed by atoms with E-state index < -0.39 is 0 Å². The Morgan fingerprint density at radius 2 is 1.89 bits per heavy atom. The van der Waals surface area contributed by atoms with Crippen molar-refractivity contribution < 1.29 is 4.39 Å². The summed E-state index contributed by atoms with van der Waals surface area (Å²) in [4.78, 5) is 2.51. The number of piperidine rings is 1. The minimum atomic E-state index is -0.148. The first-order valence-corrected chi connectivity index (χ1v) is 6.98. The molecule has 100 valence electrons. The summed E-state index contributed by atoms with van der Waals surface area (Å²) in [6, 6.07) is 7.58. The summed E-state index contributed by atoms with van der Waals surface area (Å²) in [5.74, 6) is -0.148. The van der Waals surface area contributed by atoms with Crippen molar-refractivity contribution in [3.63, 3.8) is 0 Å². The van der Waals surface area contributed by atoms with Crippen LogP contribution < -0.4 is 5.32 Å². The number of hydrogen-bond donors (Lipinski definition) is 1. The highest BCUT2D eigenvalue weighted by molar-refractivity contribution is 5.16. The van der Waals surface area contributed by atoms with Gasteiger partial charge in [-0.25, -0.2) is 4.39 Å². The van der Waals surface area contributed by atoms with Crippen molar-refractivity contribution >= 4 is 0 Å². The molecule has 0 spiro atoms. The highest BCUT2D eigenvalue weighted by Gasteiger charge is 2.17. The van der Waals surface area contributed by atoms with Gasteiger partial charge in [-0.05, 0) is 56.6 Å². The molecule has 0 atom stereocenters. The first kappa shape index (κ1) is 13.5. The summed E-state index contributed by atoms with van der Waals surface area (Å²) in [6.07, 6.45) is 3.51. The standard InChI is InChI=1S/C15H23FN2/c1-2-17-15-8-11-18(12-9-15)10-7-13-3-5-14(16)6-4-13/h3-6,15,17H,2,7-12H2,1H3. The van der Waals surface area contributed by atoms with E-state index in [1.54, 1.807) is 12.1 Å². The van der Waals surface area contributed by atoms with E-state index >= 15 is 0 Å². The van der Waals surface area contributed by atoms with Gasteiger partial charge in [0.25, 0.3) is 0 Å². The number of nitrogens with one attached hydrogen (secondary N) is 1. The average molecular weight is 250 g/mol. The largest absolute Gasteiger partial charge is 0.314 e. The topological polar surface area (TPSA) is 15.3 Å². The molecule has 0 amide bonds. The zero-order valence-electron chi connectivity index (χ0n) is 11.2. The van der Waals surface area contributed by atoms with Crippen LogP contribution in [0.15, 0.2) is 24.3 Å². The van der Waals surface area contributed by atoms with Crippen molar-refractivity contribution in [2.24, 2.45) is 0 Å². The number of rotatable bonds is 5. The first-order chi connectivity index (χ1) is 8.78. The molecule has 0 bridgehead atoms. The van der Waals surface area contributed by atoms with Crippen LogP contribution in [-0.4, -0.2) is 37.1 Å². The molecule has 0 saturated carbocycles. The molecule has 3 heteroatoms. The third-order valence-corrected chi connectivity index (χ3v) is 3.71. The van der Waals surface area contributed by atoms with E-state index in [-0.39, 0.29) is 5.82 Å². The number of hydrogen-bond acceptors (Lipinski definition) is 2. The summed E-state index contributed by atoms with van der Waals surface area (Å²) in [5, 5.41) is 3.52. The molecule has 1 aromatic carbocycles. The van der Waals surface area contributed by atoms with Crippen LogP contribution in [0, 0.1) is 5.82 Å². The van der Waals surface area contributed by atoms with Crippen LogP contribution in [-0.2, 0) is 6.42 Å². The zero-order chi connectivity index (χ0) is 12.8. The van der Waals surface area contributed by atoms with Crippen LogP contribution in [0.4, 0.5) is 4.39 Å². The summed E-state index contributed by atoms with van der Waals surface area (Å²) >= 11 is 0. The monoisotopic (exact) mass is 250 g/mol. The number of halogens is 1. The van der Waals surface area contributed by atoms with Gasteiger partial charge in [-0.3, -0.25) is 0 Å². The van der Waals surface area contributed by atoms with Crippen LogP contribution in [0.25, 0.3) is 0 Å². The average Bonchev–Trinajstić information content (AvgIpc) is 2.40. The Morgan fingerprint density at radius 3 is 2.50 bits per heavy atom. The molecule has 0 aliphatic carbocycles. The Morgan fingerprint density at radius 1 is 1.22 bits per heavy atom. The Hall–Kier alpha value is -0.930. The predicted octanol–water partition coefficient (Wildman–Crippen LogP) is 2.44. The molecular formula is C15H23FN2. The van der Waals surface area contributed by atoms with Crippen molar-refractivity contribution in [1.82, 2.24) is 10.2 Å². The van der Waals surface area contributed by atoms with Crippen molar-refractivity contribution in [2.75, 3.05) is 26.2 Å². The molecule has 2 rings (SSSR count). The molecule has 1 aliphatic heterocycles. The molecule has 0 unspecified atom stereocenters. The van der Waals surface area contributed by atoms with Crippen LogP contribution in [0.2, 0.25) is 0 Å². The smallest absolute Gasteiger partial charge is 0.123 e. The lowest BCUT2D eigenvalue weighted by Gasteiger charge is -2.32. The van der Waals surface area contributed by atoms with E-state index in [2.05, 4.69) is 17.1 Å². The molecule has 1 saturated heterocycles. The third-order valence-electron chi connectivity index (χ3n) is 3.71. The van der Waals surface area contributed by atoms with Gasteiger partial charge in [-0.15, -0.1) is 0 Å². The van der Waals surface area contributed by atoms with Gasteiger partial charge in [-0.1, -0.05) is 19.1 Å². The molecule has 0 radical (unpaired) electrons. The normalized spacial score (nSPS) is 18.1. The molecule has 1 fully saturated rings. The van der Waals surface area contributed by atoms with Gasteiger partial charge in [0, 0.05) is 12.6 Å². The minimum absolute atomic E-state index is 0.148. The van der Waals surface area contributed by atoms with Gasteiger partial charge < -0.3 is 10.2 Å². The third kappa shape index (κ3) is 4.07. The summed E-state index contributed by atoms with van der Waals surface area (Å²) in [6.45, 7) is 6.68. The van der Waals surface area contributed by atoms with Crippen LogP contribution >= 0.6 is 0 Å². The predicted molar refractivity (Wildman–Crippen MR) is 73.2 cm³/mol. The second-order valence-electron chi connectivity index (χ2n) is 5.05. The maximum atomic E-state index is 12.8. The van der Waals surface area contributed by atoms with Crippen molar-refractivity contribution in [1.29, 1.82) is 0 Å². The summed E-state index contributed by atoms with van der Waals surface area (Å²) in [7, 11) is 0. The number of benzene rings is 1. The highest BCUT2D eigenvalue weighted by atomic mass is 19.1. The Kier molecular flexibility index (Phi) is 5.14. The van der Waals surface area contributed by atoms with Gasteiger partial charge in [0.2, 0.25) is 0 Å². The molecule has 0 aromatic heterocycles. The zero-order valence-corrected chi connectivity index (χ0v) is 11.2. The van der Waals surface area contributed by atoms with Crippen molar-refractivity contribution in [3.8, 4) is 0 Å². The Bertz CT molecular complexity index is 342. The van der Waals surface area contributed by atoms with E-state index in [4.69, 9.17) is 0 Å². The van der Waals surface area contributed by atoms with E-state index in [1.807, 2.05) is 12.1 Å². The Labute approximate surface area is 109 Å². The lowest BCUT2D eigenvalue weighted by molar-refractivity contribution is 0.201. The van der Waals surface area contributed by atoms with Crippen LogP contribution in [0.1, 0.15) is 25.3 Å². The lowest BCUT2D eigenvalue weighted by atomic mass is 10.0. The number of likely N-dealkylation sites (tertiary alicyclic amines) is 1. The summed E-state index contributed by atoms with van der Waals surface area (Å²) in [5.41, 5.74) is 1.23. The fraction of sp³-hybridized carbons (Fsp3) is 0.600. The second kappa shape index (κ2) is 6.86. The molecule has 1 heterocycles. The quantitative estimate of drug-likeness (QED) is 0.863.